The van der Waals surface area contributed by atoms with E-state index in [2.05, 4.69) is 0 Å². The zero-order valence-electron chi connectivity index (χ0n) is 15.8. The van der Waals surface area contributed by atoms with Crippen molar-refractivity contribution in [3.63, 3.8) is 0 Å². The van der Waals surface area contributed by atoms with Gasteiger partial charge in [0.2, 0.25) is 0 Å². The van der Waals surface area contributed by atoms with Gasteiger partial charge in [-0.1, -0.05) is 36.7 Å². The van der Waals surface area contributed by atoms with Gasteiger partial charge in [-0.25, -0.2) is 4.39 Å². The molecule has 0 aliphatic heterocycles. The van der Waals surface area contributed by atoms with Crippen LogP contribution in [0.5, 0.6) is 0 Å². The first-order chi connectivity index (χ1) is 13.5. The Morgan fingerprint density at radius 2 is 1.57 bits per heavy atom. The van der Waals surface area contributed by atoms with Gasteiger partial charge in [0.25, 0.3) is 0 Å². The van der Waals surface area contributed by atoms with Crippen LogP contribution < -0.4 is 0 Å². The van der Waals surface area contributed by atoms with Gasteiger partial charge in [0.05, 0.1) is 5.02 Å². The Labute approximate surface area is 169 Å². The first kappa shape index (κ1) is 18.1. The third kappa shape index (κ3) is 2.52. The van der Waals surface area contributed by atoms with Crippen LogP contribution in [0.15, 0.2) is 36.4 Å². The van der Waals surface area contributed by atoms with E-state index in [0.717, 1.165) is 42.4 Å². The van der Waals surface area contributed by atoms with E-state index in [1.54, 1.807) is 6.07 Å². The Bertz CT molecular complexity index is 970. The van der Waals surface area contributed by atoms with E-state index in [4.69, 9.17) is 11.6 Å². The number of carbonyl (C=O) groups excluding carboxylic acids is 2. The molecule has 1 unspecified atom stereocenters. The van der Waals surface area contributed by atoms with Crippen molar-refractivity contribution >= 4 is 23.2 Å². The van der Waals surface area contributed by atoms with Gasteiger partial charge in [-0.05, 0) is 78.0 Å². The second-order valence-electron chi connectivity index (χ2n) is 8.52. The Hall–Kier alpha value is -2.00. The minimum Gasteiger partial charge on any atom is -0.298 e. The van der Waals surface area contributed by atoms with Crippen LogP contribution in [0.4, 0.5) is 4.39 Å². The third-order valence-electron chi connectivity index (χ3n) is 7.23. The molecule has 3 fully saturated rings. The van der Waals surface area contributed by atoms with Crippen molar-refractivity contribution in [2.45, 2.75) is 38.5 Å². The van der Waals surface area contributed by atoms with E-state index in [-0.39, 0.29) is 28.4 Å². The molecule has 5 atom stereocenters. The predicted octanol–water partition coefficient (Wildman–Crippen LogP) is 5.61. The predicted molar refractivity (Wildman–Crippen MR) is 107 cm³/mol. The summed E-state index contributed by atoms with van der Waals surface area (Å²) < 4.78 is 13.9. The molecule has 28 heavy (non-hydrogen) atoms. The maximum absolute atomic E-state index is 13.9. The first-order valence-electron chi connectivity index (χ1n) is 10.1. The van der Waals surface area contributed by atoms with Crippen LogP contribution in [-0.2, 0) is 16.0 Å². The minimum atomic E-state index is -0.648. The summed E-state index contributed by atoms with van der Waals surface area (Å²) in [5.74, 6) is -0.224. The summed E-state index contributed by atoms with van der Waals surface area (Å²) in [4.78, 5) is 26.6. The molecule has 5 rings (SSSR count). The van der Waals surface area contributed by atoms with Gasteiger partial charge >= 0.3 is 0 Å². The lowest BCUT2D eigenvalue weighted by atomic mass is 9.81. The van der Waals surface area contributed by atoms with Crippen molar-refractivity contribution in [2.75, 3.05) is 0 Å². The normalized spacial score (nSPS) is 30.9. The lowest BCUT2D eigenvalue weighted by molar-refractivity contribution is -0.125. The zero-order chi connectivity index (χ0) is 19.6. The van der Waals surface area contributed by atoms with Crippen LogP contribution in [-0.4, -0.2) is 11.6 Å². The highest BCUT2D eigenvalue weighted by atomic mass is 35.5. The number of fused-ring (bicyclic) bond motifs is 5. The Balaban J connectivity index is 1.58. The number of hydrogen-bond donors (Lipinski definition) is 0. The lowest BCUT2D eigenvalue weighted by Crippen LogP contribution is -2.24. The molecule has 0 spiro atoms. The number of rotatable bonds is 3. The van der Waals surface area contributed by atoms with E-state index in [9.17, 15) is 14.0 Å². The van der Waals surface area contributed by atoms with E-state index < -0.39 is 11.7 Å². The molecule has 0 heterocycles. The highest BCUT2D eigenvalue weighted by Gasteiger charge is 2.61. The number of Topliss-reactive ketones (excluding diaryl/α,β-unsaturated/α-hetero) is 2. The van der Waals surface area contributed by atoms with Gasteiger partial charge in [-0.15, -0.1) is 0 Å². The van der Waals surface area contributed by atoms with Crippen LogP contribution in [0.25, 0.3) is 11.1 Å². The van der Waals surface area contributed by atoms with Crippen LogP contribution in [0.3, 0.4) is 0 Å². The monoisotopic (exact) mass is 396 g/mol. The number of halogens is 2. The molecule has 2 bridgehead atoms. The summed E-state index contributed by atoms with van der Waals surface area (Å²) in [6.07, 6.45) is 3.97. The van der Waals surface area contributed by atoms with Crippen molar-refractivity contribution in [1.82, 2.24) is 0 Å². The number of carbonyl (C=O) groups is 2. The van der Waals surface area contributed by atoms with E-state index in [0.29, 0.717) is 17.4 Å². The Kier molecular flexibility index (Phi) is 4.20. The highest BCUT2D eigenvalue weighted by Crippen LogP contribution is 2.59. The molecule has 2 aromatic rings. The van der Waals surface area contributed by atoms with Crippen LogP contribution in [0.1, 0.15) is 43.2 Å². The summed E-state index contributed by atoms with van der Waals surface area (Å²) >= 11 is 5.81. The molecule has 3 saturated carbocycles. The highest BCUT2D eigenvalue weighted by molar-refractivity contribution is 6.30. The third-order valence-corrected chi connectivity index (χ3v) is 7.54. The average molecular weight is 397 g/mol. The summed E-state index contributed by atoms with van der Waals surface area (Å²) in [5.41, 5.74) is 3.35. The van der Waals surface area contributed by atoms with Crippen molar-refractivity contribution in [2.24, 2.45) is 23.7 Å². The SMILES string of the molecule is CCc1ccc(-c2ccc(Cl)c(F)c2)cc1C1C(=O)[C@@H]2[C@@H]3CC[C@@H](C3)[C@@H]2C1=O. The minimum absolute atomic E-state index is 0.0717. The van der Waals surface area contributed by atoms with Crippen LogP contribution in [0, 0.1) is 29.5 Å². The zero-order valence-corrected chi connectivity index (χ0v) is 16.5. The maximum atomic E-state index is 13.9. The molecular weight excluding hydrogens is 375 g/mol. The van der Waals surface area contributed by atoms with E-state index >= 15 is 0 Å². The van der Waals surface area contributed by atoms with E-state index in [1.165, 1.54) is 12.1 Å². The summed E-state index contributed by atoms with van der Waals surface area (Å²) in [6.45, 7) is 2.04. The average Bonchev–Trinajstić information content (AvgIpc) is 3.37. The molecule has 2 nitrogen and oxygen atoms in total. The molecule has 3 aliphatic rings. The summed E-state index contributed by atoms with van der Waals surface area (Å²) in [7, 11) is 0. The number of aryl methyl sites for hydroxylation is 1. The fraction of sp³-hybridized carbons (Fsp3) is 0.417. The molecule has 2 aromatic carbocycles. The molecular formula is C24H22ClFO2. The molecule has 0 amide bonds. The maximum Gasteiger partial charge on any atom is 0.151 e. The van der Waals surface area contributed by atoms with Gasteiger partial charge < -0.3 is 0 Å². The Morgan fingerprint density at radius 3 is 2.18 bits per heavy atom. The largest absolute Gasteiger partial charge is 0.298 e. The summed E-state index contributed by atoms with van der Waals surface area (Å²) in [6, 6.07) is 10.5. The van der Waals surface area contributed by atoms with Gasteiger partial charge in [0.1, 0.15) is 11.7 Å². The first-order valence-corrected chi connectivity index (χ1v) is 10.5. The van der Waals surface area contributed by atoms with Gasteiger partial charge in [0, 0.05) is 11.8 Å². The molecule has 0 N–H and O–H groups in total. The standard InChI is InChI=1S/C24H22ClFO2/c1-2-12-3-4-13(14-7-8-18(25)19(26)11-14)10-17(12)22-23(27)20-15-5-6-16(9-15)21(20)24(22)28/h3-4,7-8,10-11,15-16,20-22H,2,5-6,9H2,1H3/t15-,16+,20-,21+,22?. The fourth-order valence-electron chi connectivity index (χ4n) is 5.98. The van der Waals surface area contributed by atoms with E-state index in [1.807, 2.05) is 25.1 Å². The molecule has 0 aromatic heterocycles. The summed E-state index contributed by atoms with van der Waals surface area (Å²) in [5, 5.41) is 0.0820. The molecule has 4 heteroatoms. The second-order valence-corrected chi connectivity index (χ2v) is 8.93. The van der Waals surface area contributed by atoms with Crippen molar-refractivity contribution < 1.29 is 14.0 Å². The molecule has 3 aliphatic carbocycles. The number of ketones is 2. The number of benzene rings is 2. The number of hydrogen-bond acceptors (Lipinski definition) is 2. The smallest absolute Gasteiger partial charge is 0.151 e. The van der Waals surface area contributed by atoms with Crippen molar-refractivity contribution in [1.29, 1.82) is 0 Å². The van der Waals surface area contributed by atoms with Gasteiger partial charge in [-0.2, -0.15) is 0 Å². The van der Waals surface area contributed by atoms with Crippen LogP contribution in [0.2, 0.25) is 5.02 Å². The van der Waals surface area contributed by atoms with Crippen molar-refractivity contribution in [3.05, 3.63) is 58.4 Å². The second kappa shape index (κ2) is 6.52. The fourth-order valence-corrected chi connectivity index (χ4v) is 6.10. The lowest BCUT2D eigenvalue weighted by Gasteiger charge is -2.21. The Morgan fingerprint density at radius 1 is 0.964 bits per heavy atom. The topological polar surface area (TPSA) is 34.1 Å². The molecule has 0 radical (unpaired) electrons. The van der Waals surface area contributed by atoms with Gasteiger partial charge in [-0.3, -0.25) is 9.59 Å². The van der Waals surface area contributed by atoms with Gasteiger partial charge in [0.15, 0.2) is 11.6 Å². The van der Waals surface area contributed by atoms with Crippen LogP contribution >= 0.6 is 11.6 Å². The van der Waals surface area contributed by atoms with Crippen molar-refractivity contribution in [3.8, 4) is 11.1 Å². The quantitative estimate of drug-likeness (QED) is 0.632. The molecule has 144 valence electrons. The molecule has 0 saturated heterocycles.